The van der Waals surface area contributed by atoms with Gasteiger partial charge in [-0.3, -0.25) is 9.59 Å². The summed E-state index contributed by atoms with van der Waals surface area (Å²) in [5, 5.41) is 4.85. The first kappa shape index (κ1) is 23.1. The molecular formula is C26H27N3O5. The molecule has 0 bridgehead atoms. The summed E-state index contributed by atoms with van der Waals surface area (Å²) in [5.74, 6) is -0.352. The highest BCUT2D eigenvalue weighted by atomic mass is 16.5. The Kier molecular flexibility index (Phi) is 6.67. The van der Waals surface area contributed by atoms with Crippen LogP contribution >= 0.6 is 0 Å². The van der Waals surface area contributed by atoms with Gasteiger partial charge in [-0.2, -0.15) is 0 Å². The fourth-order valence-corrected chi connectivity index (χ4v) is 4.17. The molecule has 8 nitrogen and oxygen atoms in total. The lowest BCUT2D eigenvalue weighted by atomic mass is 10.0. The quantitative estimate of drug-likeness (QED) is 0.585. The van der Waals surface area contributed by atoms with Crippen molar-refractivity contribution < 1.29 is 23.9 Å². The van der Waals surface area contributed by atoms with Gasteiger partial charge in [-0.05, 0) is 41.1 Å². The Hall–Kier alpha value is -4.07. The molecular weight excluding hydrogens is 434 g/mol. The number of rotatable bonds is 5. The summed E-state index contributed by atoms with van der Waals surface area (Å²) in [6.45, 7) is 3.95. The highest BCUT2D eigenvalue weighted by molar-refractivity contribution is 6.10. The van der Waals surface area contributed by atoms with Crippen LogP contribution in [0.3, 0.4) is 0 Å². The molecule has 0 aromatic heterocycles. The Balaban J connectivity index is 1.68. The van der Waals surface area contributed by atoms with Gasteiger partial charge in [-0.1, -0.05) is 24.3 Å². The molecule has 1 aliphatic heterocycles. The van der Waals surface area contributed by atoms with Gasteiger partial charge < -0.3 is 24.6 Å². The minimum absolute atomic E-state index is 0.0395. The Morgan fingerprint density at radius 2 is 1.56 bits per heavy atom. The van der Waals surface area contributed by atoms with E-state index in [-0.39, 0.29) is 11.8 Å². The molecule has 0 aliphatic carbocycles. The first-order valence-corrected chi connectivity index (χ1v) is 11.0. The van der Waals surface area contributed by atoms with Gasteiger partial charge in [0.1, 0.15) is 5.75 Å². The molecule has 1 saturated heterocycles. The number of anilines is 2. The molecule has 4 rings (SSSR count). The molecule has 1 heterocycles. The Labute approximate surface area is 198 Å². The van der Waals surface area contributed by atoms with Crippen molar-refractivity contribution in [1.82, 2.24) is 4.90 Å². The lowest BCUT2D eigenvalue weighted by Crippen LogP contribution is -2.48. The molecule has 34 heavy (non-hydrogen) atoms. The number of esters is 1. The van der Waals surface area contributed by atoms with Gasteiger partial charge in [0.25, 0.3) is 5.91 Å². The zero-order valence-corrected chi connectivity index (χ0v) is 19.5. The van der Waals surface area contributed by atoms with Crippen molar-refractivity contribution in [3.63, 3.8) is 0 Å². The first-order chi connectivity index (χ1) is 16.4. The van der Waals surface area contributed by atoms with Crippen LogP contribution in [0, 0.1) is 0 Å². The number of nitrogens with zero attached hydrogens (tertiary/aromatic N) is 2. The average molecular weight is 462 g/mol. The Bertz CT molecular complexity index is 1250. The van der Waals surface area contributed by atoms with Gasteiger partial charge in [0, 0.05) is 33.1 Å². The topological polar surface area (TPSA) is 88.2 Å². The zero-order valence-electron chi connectivity index (χ0n) is 19.5. The van der Waals surface area contributed by atoms with Gasteiger partial charge >= 0.3 is 5.97 Å². The Morgan fingerprint density at radius 1 is 0.882 bits per heavy atom. The number of ether oxygens (including phenoxy) is 2. The Morgan fingerprint density at radius 3 is 2.18 bits per heavy atom. The van der Waals surface area contributed by atoms with Crippen LogP contribution in [0.25, 0.3) is 10.8 Å². The fraction of sp³-hybridized carbons (Fsp3) is 0.269. The second-order valence-electron chi connectivity index (χ2n) is 8.07. The van der Waals surface area contributed by atoms with Crippen molar-refractivity contribution in [2.24, 2.45) is 0 Å². The molecule has 0 unspecified atom stereocenters. The maximum absolute atomic E-state index is 13.4. The van der Waals surface area contributed by atoms with Crippen molar-refractivity contribution in [2.75, 3.05) is 50.6 Å². The number of hydrogen-bond donors (Lipinski definition) is 1. The first-order valence-electron chi connectivity index (χ1n) is 11.0. The molecule has 0 saturated carbocycles. The molecule has 0 spiro atoms. The van der Waals surface area contributed by atoms with E-state index in [0.717, 1.165) is 16.5 Å². The van der Waals surface area contributed by atoms with Crippen molar-refractivity contribution in [2.45, 2.75) is 6.92 Å². The molecule has 2 amide bonds. The molecule has 1 N–H and O–H groups in total. The molecule has 0 atom stereocenters. The van der Waals surface area contributed by atoms with E-state index < -0.39 is 5.97 Å². The maximum atomic E-state index is 13.4. The third kappa shape index (κ3) is 4.66. The lowest BCUT2D eigenvalue weighted by Gasteiger charge is -2.36. The van der Waals surface area contributed by atoms with Crippen molar-refractivity contribution >= 4 is 39.9 Å². The second-order valence-corrected chi connectivity index (χ2v) is 8.07. The lowest BCUT2D eigenvalue weighted by molar-refractivity contribution is -0.129. The maximum Gasteiger partial charge on any atom is 0.337 e. The number of amides is 2. The van der Waals surface area contributed by atoms with E-state index in [1.165, 1.54) is 14.2 Å². The van der Waals surface area contributed by atoms with E-state index in [1.54, 1.807) is 36.1 Å². The molecule has 1 fully saturated rings. The van der Waals surface area contributed by atoms with Crippen LogP contribution in [0.4, 0.5) is 11.4 Å². The van der Waals surface area contributed by atoms with Crippen LogP contribution in [-0.2, 0) is 9.53 Å². The molecule has 1 aliphatic rings. The SMILES string of the molecule is COC(=O)c1ccc(N2CCN(C(C)=O)CC2)c(NC(=O)c2cc3ccccc3cc2OC)c1. The standard InChI is InChI=1S/C26H27N3O5/c1-17(30)28-10-12-29(13-11-28)23-9-8-20(26(32)34-3)15-22(23)27-25(31)21-14-18-6-4-5-7-19(18)16-24(21)33-2/h4-9,14-16H,10-13H2,1-3H3,(H,27,31). The van der Waals surface area contributed by atoms with Crippen molar-refractivity contribution in [3.8, 4) is 5.75 Å². The summed E-state index contributed by atoms with van der Waals surface area (Å²) >= 11 is 0. The van der Waals surface area contributed by atoms with E-state index in [2.05, 4.69) is 10.2 Å². The monoisotopic (exact) mass is 461 g/mol. The highest BCUT2D eigenvalue weighted by Gasteiger charge is 2.23. The minimum atomic E-state index is -0.494. The number of piperazine rings is 1. The highest BCUT2D eigenvalue weighted by Crippen LogP contribution is 2.31. The van der Waals surface area contributed by atoms with Gasteiger partial charge in [0.05, 0.1) is 36.7 Å². The minimum Gasteiger partial charge on any atom is -0.496 e. The third-order valence-electron chi connectivity index (χ3n) is 6.04. The number of hydrogen-bond acceptors (Lipinski definition) is 6. The van der Waals surface area contributed by atoms with Crippen LogP contribution in [-0.4, -0.2) is 63.1 Å². The number of carbonyl (C=O) groups is 3. The van der Waals surface area contributed by atoms with E-state index in [0.29, 0.717) is 48.7 Å². The zero-order chi connectivity index (χ0) is 24.2. The normalized spacial score (nSPS) is 13.5. The fourth-order valence-electron chi connectivity index (χ4n) is 4.17. The van der Waals surface area contributed by atoms with Crippen molar-refractivity contribution in [1.29, 1.82) is 0 Å². The summed E-state index contributed by atoms with van der Waals surface area (Å²) in [6.07, 6.45) is 0. The number of carbonyl (C=O) groups excluding carboxylic acids is 3. The van der Waals surface area contributed by atoms with Crippen molar-refractivity contribution in [3.05, 3.63) is 65.7 Å². The summed E-state index contributed by atoms with van der Waals surface area (Å²) in [4.78, 5) is 41.1. The average Bonchev–Trinajstić information content (AvgIpc) is 2.87. The van der Waals surface area contributed by atoms with E-state index in [4.69, 9.17) is 9.47 Å². The molecule has 176 valence electrons. The summed E-state index contributed by atoms with van der Waals surface area (Å²) < 4.78 is 10.4. The summed E-state index contributed by atoms with van der Waals surface area (Å²) in [7, 11) is 2.84. The number of methoxy groups -OCH3 is 2. The molecule has 3 aromatic carbocycles. The van der Waals surface area contributed by atoms with Crippen LogP contribution in [0.1, 0.15) is 27.6 Å². The van der Waals surface area contributed by atoms with Crippen LogP contribution in [0.2, 0.25) is 0 Å². The second kappa shape index (κ2) is 9.82. The number of fused-ring (bicyclic) bond motifs is 1. The predicted octanol–water partition coefficient (Wildman–Crippen LogP) is 3.56. The van der Waals surface area contributed by atoms with Crippen LogP contribution < -0.4 is 15.0 Å². The summed E-state index contributed by atoms with van der Waals surface area (Å²) in [6, 6.07) is 16.4. The third-order valence-corrected chi connectivity index (χ3v) is 6.04. The van der Waals surface area contributed by atoms with Crippen LogP contribution in [0.15, 0.2) is 54.6 Å². The number of benzene rings is 3. The molecule has 3 aromatic rings. The smallest absolute Gasteiger partial charge is 0.337 e. The van der Waals surface area contributed by atoms with Gasteiger partial charge in [-0.15, -0.1) is 0 Å². The largest absolute Gasteiger partial charge is 0.496 e. The summed E-state index contributed by atoms with van der Waals surface area (Å²) in [5.41, 5.74) is 1.97. The number of nitrogens with one attached hydrogen (secondary N) is 1. The van der Waals surface area contributed by atoms with Gasteiger partial charge in [-0.25, -0.2) is 4.79 Å². The molecule has 0 radical (unpaired) electrons. The van der Waals surface area contributed by atoms with Gasteiger partial charge in [0.15, 0.2) is 0 Å². The van der Waals surface area contributed by atoms with E-state index in [9.17, 15) is 14.4 Å². The van der Waals surface area contributed by atoms with Crippen LogP contribution in [0.5, 0.6) is 5.75 Å². The molecule has 8 heteroatoms. The van der Waals surface area contributed by atoms with Gasteiger partial charge in [0.2, 0.25) is 5.91 Å². The van der Waals surface area contributed by atoms with E-state index in [1.807, 2.05) is 30.3 Å². The van der Waals surface area contributed by atoms with E-state index >= 15 is 0 Å². The predicted molar refractivity (Wildman–Crippen MR) is 131 cm³/mol.